The molecule has 1 unspecified atom stereocenters. The Morgan fingerprint density at radius 3 is 2.22 bits per heavy atom. The Hall–Kier alpha value is -0.570. The molecular formula is C15H30N2O. The van der Waals surface area contributed by atoms with E-state index in [1.165, 1.54) is 19.3 Å². The van der Waals surface area contributed by atoms with Gasteiger partial charge >= 0.3 is 0 Å². The maximum absolute atomic E-state index is 12.4. The highest BCUT2D eigenvalue weighted by Crippen LogP contribution is 2.29. The third-order valence-electron chi connectivity index (χ3n) is 4.66. The molecule has 1 atom stereocenters. The van der Waals surface area contributed by atoms with E-state index in [1.807, 2.05) is 11.9 Å². The summed E-state index contributed by atoms with van der Waals surface area (Å²) >= 11 is 0. The van der Waals surface area contributed by atoms with Gasteiger partial charge < -0.3 is 10.6 Å². The van der Waals surface area contributed by atoms with Crippen LogP contribution in [0.4, 0.5) is 0 Å². The molecule has 3 nitrogen and oxygen atoms in total. The zero-order valence-corrected chi connectivity index (χ0v) is 12.5. The van der Waals surface area contributed by atoms with E-state index in [0.717, 1.165) is 18.8 Å². The molecule has 0 aromatic carbocycles. The summed E-state index contributed by atoms with van der Waals surface area (Å²) in [6.45, 7) is 6.89. The summed E-state index contributed by atoms with van der Waals surface area (Å²) in [7, 11) is 1.96. The molecule has 0 bridgehead atoms. The fraction of sp³-hybridized carbons (Fsp3) is 0.933. The van der Waals surface area contributed by atoms with Gasteiger partial charge in [-0.25, -0.2) is 0 Å². The molecule has 0 heterocycles. The molecule has 106 valence electrons. The number of nitrogens with zero attached hydrogens (tertiary/aromatic N) is 1. The van der Waals surface area contributed by atoms with E-state index in [2.05, 4.69) is 20.8 Å². The zero-order chi connectivity index (χ0) is 13.7. The molecule has 1 aliphatic rings. The lowest BCUT2D eigenvalue weighted by atomic mass is 9.83. The third-order valence-corrected chi connectivity index (χ3v) is 4.66. The molecule has 3 heteroatoms. The Labute approximate surface area is 112 Å². The first-order valence-electron chi connectivity index (χ1n) is 7.47. The first kappa shape index (κ1) is 15.5. The van der Waals surface area contributed by atoms with Crippen LogP contribution in [0.15, 0.2) is 0 Å². The van der Waals surface area contributed by atoms with Crippen molar-refractivity contribution in [1.82, 2.24) is 4.90 Å². The average Bonchev–Trinajstić information content (AvgIpc) is 2.38. The fourth-order valence-corrected chi connectivity index (χ4v) is 3.04. The Balaban J connectivity index is 2.54. The van der Waals surface area contributed by atoms with Gasteiger partial charge in [0.1, 0.15) is 0 Å². The van der Waals surface area contributed by atoms with E-state index in [1.54, 1.807) is 0 Å². The second-order valence-corrected chi connectivity index (χ2v) is 6.12. The molecule has 1 fully saturated rings. The lowest BCUT2D eigenvalue weighted by molar-refractivity contribution is -0.138. The van der Waals surface area contributed by atoms with Gasteiger partial charge in [0, 0.05) is 19.6 Å². The number of rotatable bonds is 5. The molecule has 1 aliphatic carbocycles. The summed E-state index contributed by atoms with van der Waals surface area (Å²) in [5.41, 5.74) is 5.74. The molecule has 1 saturated carbocycles. The van der Waals surface area contributed by atoms with Crippen molar-refractivity contribution < 1.29 is 4.79 Å². The molecule has 18 heavy (non-hydrogen) atoms. The van der Waals surface area contributed by atoms with Crippen molar-refractivity contribution in [2.45, 2.75) is 58.9 Å². The molecular weight excluding hydrogens is 224 g/mol. The normalized spacial score (nSPS) is 26.1. The van der Waals surface area contributed by atoms with E-state index in [-0.39, 0.29) is 11.8 Å². The van der Waals surface area contributed by atoms with Crippen molar-refractivity contribution in [3.05, 3.63) is 0 Å². The smallest absolute Gasteiger partial charge is 0.227 e. The van der Waals surface area contributed by atoms with Gasteiger partial charge in [0.25, 0.3) is 0 Å². The first-order valence-corrected chi connectivity index (χ1v) is 7.47. The Morgan fingerprint density at radius 1 is 1.28 bits per heavy atom. The highest BCUT2D eigenvalue weighted by molar-refractivity contribution is 5.79. The second-order valence-electron chi connectivity index (χ2n) is 6.12. The third kappa shape index (κ3) is 3.71. The highest BCUT2D eigenvalue weighted by Gasteiger charge is 2.30. The van der Waals surface area contributed by atoms with E-state index in [4.69, 9.17) is 5.73 Å². The van der Waals surface area contributed by atoms with Gasteiger partial charge in [0.05, 0.1) is 5.92 Å². The molecule has 0 aromatic heterocycles. The van der Waals surface area contributed by atoms with Crippen LogP contribution < -0.4 is 5.73 Å². The van der Waals surface area contributed by atoms with Crippen molar-refractivity contribution in [3.63, 3.8) is 0 Å². The van der Waals surface area contributed by atoms with E-state index < -0.39 is 0 Å². The van der Waals surface area contributed by atoms with Crippen molar-refractivity contribution >= 4 is 5.91 Å². The van der Waals surface area contributed by atoms with Crippen molar-refractivity contribution in [2.75, 3.05) is 13.6 Å². The van der Waals surface area contributed by atoms with Crippen LogP contribution in [0.3, 0.4) is 0 Å². The minimum Gasteiger partial charge on any atom is -0.342 e. The summed E-state index contributed by atoms with van der Waals surface area (Å²) in [6.07, 6.45) is 6.15. The van der Waals surface area contributed by atoms with Crippen molar-refractivity contribution in [3.8, 4) is 0 Å². The maximum atomic E-state index is 12.4. The summed E-state index contributed by atoms with van der Waals surface area (Å²) in [4.78, 5) is 14.4. The van der Waals surface area contributed by atoms with Crippen LogP contribution in [0.1, 0.15) is 52.9 Å². The predicted molar refractivity (Wildman–Crippen MR) is 76.2 cm³/mol. The van der Waals surface area contributed by atoms with Crippen LogP contribution in [0.25, 0.3) is 0 Å². The molecule has 0 saturated heterocycles. The van der Waals surface area contributed by atoms with Crippen LogP contribution in [-0.2, 0) is 4.79 Å². The number of hydrogen-bond donors (Lipinski definition) is 1. The Morgan fingerprint density at radius 2 is 1.83 bits per heavy atom. The van der Waals surface area contributed by atoms with E-state index in [9.17, 15) is 4.79 Å². The molecule has 0 aliphatic heterocycles. The number of nitrogens with two attached hydrogens (primary N) is 1. The lowest BCUT2D eigenvalue weighted by Gasteiger charge is -2.36. The number of carbonyl (C=O) groups is 1. The molecule has 0 spiro atoms. The average molecular weight is 254 g/mol. The van der Waals surface area contributed by atoms with Crippen LogP contribution in [-0.4, -0.2) is 30.4 Å². The van der Waals surface area contributed by atoms with Crippen molar-refractivity contribution in [1.29, 1.82) is 0 Å². The van der Waals surface area contributed by atoms with Gasteiger partial charge in [-0.15, -0.1) is 0 Å². The monoisotopic (exact) mass is 254 g/mol. The number of hydrogen-bond acceptors (Lipinski definition) is 2. The summed E-state index contributed by atoms with van der Waals surface area (Å²) in [5, 5.41) is 0. The molecule has 1 rings (SSSR count). The second kappa shape index (κ2) is 7.13. The SMILES string of the molecule is CCC1CCC(N(C)C(=O)C(CN)C(C)C)CC1. The van der Waals surface area contributed by atoms with Gasteiger partial charge in [-0.3, -0.25) is 4.79 Å². The van der Waals surface area contributed by atoms with Crippen LogP contribution in [0, 0.1) is 17.8 Å². The standard InChI is InChI=1S/C15H30N2O/c1-5-12-6-8-13(9-7-12)17(4)15(18)14(10-16)11(2)3/h11-14H,5-10,16H2,1-4H3. The van der Waals surface area contributed by atoms with E-state index >= 15 is 0 Å². The fourth-order valence-electron chi connectivity index (χ4n) is 3.04. The first-order chi connectivity index (χ1) is 8.51. The predicted octanol–water partition coefficient (Wildman–Crippen LogP) is 2.64. The van der Waals surface area contributed by atoms with Gasteiger partial charge in [-0.2, -0.15) is 0 Å². The minimum atomic E-state index is -0.0149. The Bertz CT molecular complexity index is 257. The lowest BCUT2D eigenvalue weighted by Crippen LogP contribution is -2.45. The summed E-state index contributed by atoms with van der Waals surface area (Å²) in [6, 6.07) is 0.438. The van der Waals surface area contributed by atoms with Gasteiger partial charge in [0.15, 0.2) is 0 Å². The molecule has 1 amide bonds. The maximum Gasteiger partial charge on any atom is 0.227 e. The quantitative estimate of drug-likeness (QED) is 0.820. The van der Waals surface area contributed by atoms with E-state index in [0.29, 0.717) is 18.5 Å². The van der Waals surface area contributed by atoms with Gasteiger partial charge in [-0.05, 0) is 37.5 Å². The van der Waals surface area contributed by atoms with Gasteiger partial charge in [-0.1, -0.05) is 27.2 Å². The number of carbonyl (C=O) groups excluding carboxylic acids is 1. The number of amides is 1. The van der Waals surface area contributed by atoms with Crippen molar-refractivity contribution in [2.24, 2.45) is 23.5 Å². The minimum absolute atomic E-state index is 0.0149. The summed E-state index contributed by atoms with van der Waals surface area (Å²) < 4.78 is 0. The zero-order valence-electron chi connectivity index (χ0n) is 12.5. The molecule has 0 radical (unpaired) electrons. The summed E-state index contributed by atoms with van der Waals surface area (Å²) in [5.74, 6) is 1.43. The molecule has 0 aromatic rings. The molecule has 2 N–H and O–H groups in total. The van der Waals surface area contributed by atoms with Crippen LogP contribution in [0.2, 0.25) is 0 Å². The van der Waals surface area contributed by atoms with Crippen LogP contribution >= 0.6 is 0 Å². The van der Waals surface area contributed by atoms with Crippen LogP contribution in [0.5, 0.6) is 0 Å². The highest BCUT2D eigenvalue weighted by atomic mass is 16.2. The van der Waals surface area contributed by atoms with Gasteiger partial charge in [0.2, 0.25) is 5.91 Å². The topological polar surface area (TPSA) is 46.3 Å². The Kier molecular flexibility index (Phi) is 6.13. The largest absolute Gasteiger partial charge is 0.342 e.